The number of aromatic nitrogens is 1. The number of thiol groups is 1. The topological polar surface area (TPSA) is 54.5 Å². The summed E-state index contributed by atoms with van der Waals surface area (Å²) >= 11 is 10.6. The zero-order chi connectivity index (χ0) is 22.3. The van der Waals surface area contributed by atoms with Crippen LogP contribution >= 0.6 is 24.2 Å². The summed E-state index contributed by atoms with van der Waals surface area (Å²) in [5, 5.41) is 4.87. The summed E-state index contributed by atoms with van der Waals surface area (Å²) in [6, 6.07) is 16.1. The van der Waals surface area contributed by atoms with Crippen LogP contribution in [-0.4, -0.2) is 29.4 Å². The van der Waals surface area contributed by atoms with Gasteiger partial charge in [0.15, 0.2) is 0 Å². The van der Waals surface area contributed by atoms with Crippen molar-refractivity contribution in [2.24, 2.45) is 0 Å². The number of nitrogens with one attached hydrogen (secondary N) is 1. The largest absolute Gasteiger partial charge is 0.357 e. The molecular weight excluding hydrogens is 442 g/mol. The molecule has 2 aromatic carbocycles. The summed E-state index contributed by atoms with van der Waals surface area (Å²) in [4.78, 5) is 17.5. The number of rotatable bonds is 4. The van der Waals surface area contributed by atoms with Gasteiger partial charge in [-0.3, -0.25) is 4.79 Å². The Balaban J connectivity index is 1.55. The van der Waals surface area contributed by atoms with E-state index in [1.165, 1.54) is 5.56 Å². The zero-order valence-electron chi connectivity index (χ0n) is 17.7. The van der Waals surface area contributed by atoms with E-state index in [1.54, 1.807) is 0 Å². The quantitative estimate of drug-likeness (QED) is 0.386. The van der Waals surface area contributed by atoms with Crippen LogP contribution in [0.15, 0.2) is 59.8 Å². The third-order valence-electron chi connectivity index (χ3n) is 6.49. The van der Waals surface area contributed by atoms with E-state index >= 15 is 0 Å². The lowest BCUT2D eigenvalue weighted by Crippen LogP contribution is -2.42. The number of carbonyl (C=O) groups is 1. The van der Waals surface area contributed by atoms with Crippen LogP contribution in [0.25, 0.3) is 0 Å². The molecular formula is C25H24ClN3O2S. The number of hydrogen-bond acceptors (Lipinski definition) is 5. The van der Waals surface area contributed by atoms with Gasteiger partial charge in [-0.25, -0.2) is 4.98 Å². The average Bonchev–Trinajstić information content (AvgIpc) is 3.10. The first-order chi connectivity index (χ1) is 15.5. The van der Waals surface area contributed by atoms with Crippen molar-refractivity contribution in [3.8, 4) is 0 Å². The van der Waals surface area contributed by atoms with E-state index in [2.05, 4.69) is 41.1 Å². The fraction of sp³-hybridized carbons (Fsp3) is 0.280. The van der Waals surface area contributed by atoms with Crippen molar-refractivity contribution in [1.82, 2.24) is 9.88 Å². The predicted molar refractivity (Wildman–Crippen MR) is 129 cm³/mol. The number of carbonyl (C=O) groups excluding carboxylic acids is 1. The lowest BCUT2D eigenvalue weighted by Gasteiger charge is -2.38. The number of ether oxygens (including phenoxy) is 1. The fourth-order valence-electron chi connectivity index (χ4n) is 4.79. The summed E-state index contributed by atoms with van der Waals surface area (Å²) in [6.07, 6.45) is 4.06. The summed E-state index contributed by atoms with van der Waals surface area (Å²) in [5.74, 6) is 0. The van der Waals surface area contributed by atoms with Gasteiger partial charge < -0.3 is 15.0 Å². The highest BCUT2D eigenvalue weighted by molar-refractivity contribution is 7.80. The zero-order valence-corrected chi connectivity index (χ0v) is 19.4. The minimum Gasteiger partial charge on any atom is -0.357 e. The Kier molecular flexibility index (Phi) is 5.61. The van der Waals surface area contributed by atoms with Gasteiger partial charge in [-0.2, -0.15) is 0 Å². The first kappa shape index (κ1) is 21.3. The minimum atomic E-state index is -0.395. The van der Waals surface area contributed by atoms with Gasteiger partial charge in [-0.1, -0.05) is 35.9 Å². The molecule has 0 saturated carbocycles. The van der Waals surface area contributed by atoms with Gasteiger partial charge in [-0.15, -0.1) is 12.6 Å². The fourth-order valence-corrected chi connectivity index (χ4v) is 5.20. The van der Waals surface area contributed by atoms with E-state index < -0.39 is 5.60 Å². The lowest BCUT2D eigenvalue weighted by molar-refractivity contribution is -0.128. The SMILES string of the molecule is Cc1cc(Cl)ccc1Nc1cc(S)ncc1C1OC2(CCN(C=O)CC2)c2ccccc21. The number of hydrogen-bond donors (Lipinski definition) is 2. The molecule has 0 radical (unpaired) electrons. The maximum absolute atomic E-state index is 11.2. The van der Waals surface area contributed by atoms with Crippen molar-refractivity contribution >= 4 is 42.0 Å². The molecule has 7 heteroatoms. The lowest BCUT2D eigenvalue weighted by atomic mass is 9.83. The highest BCUT2D eigenvalue weighted by atomic mass is 35.5. The third-order valence-corrected chi connectivity index (χ3v) is 6.97. The van der Waals surface area contributed by atoms with E-state index in [9.17, 15) is 4.79 Å². The number of fused-ring (bicyclic) bond motifs is 2. The van der Waals surface area contributed by atoms with Crippen molar-refractivity contribution in [2.45, 2.75) is 36.5 Å². The summed E-state index contributed by atoms with van der Waals surface area (Å²) < 4.78 is 6.84. The van der Waals surface area contributed by atoms with E-state index in [-0.39, 0.29) is 6.10 Å². The number of aryl methyl sites for hydroxylation is 1. The normalized spacial score (nSPS) is 19.1. The highest BCUT2D eigenvalue weighted by Crippen LogP contribution is 2.52. The Labute approximate surface area is 198 Å². The number of benzene rings is 2. The second-order valence-electron chi connectivity index (χ2n) is 8.43. The monoisotopic (exact) mass is 465 g/mol. The Morgan fingerprint density at radius 2 is 1.94 bits per heavy atom. The predicted octanol–water partition coefficient (Wildman–Crippen LogP) is 5.64. The maximum atomic E-state index is 11.2. The number of halogens is 1. The van der Waals surface area contributed by atoms with Crippen LogP contribution in [0.3, 0.4) is 0 Å². The number of amides is 1. The first-order valence-electron chi connectivity index (χ1n) is 10.7. The first-order valence-corrected chi connectivity index (χ1v) is 11.5. The molecule has 1 unspecified atom stereocenters. The van der Waals surface area contributed by atoms with Crippen LogP contribution in [0.2, 0.25) is 5.02 Å². The second kappa shape index (κ2) is 8.43. The van der Waals surface area contributed by atoms with Crippen LogP contribution < -0.4 is 5.32 Å². The van der Waals surface area contributed by atoms with Crippen LogP contribution in [-0.2, 0) is 15.1 Å². The van der Waals surface area contributed by atoms with Gasteiger partial charge in [0, 0.05) is 41.2 Å². The summed E-state index contributed by atoms with van der Waals surface area (Å²) in [6.45, 7) is 3.40. The molecule has 2 aliphatic heterocycles. The van der Waals surface area contributed by atoms with Gasteiger partial charge in [0.05, 0.1) is 10.6 Å². The Bertz CT molecular complexity index is 1180. The maximum Gasteiger partial charge on any atom is 0.209 e. The molecule has 1 aromatic heterocycles. The van der Waals surface area contributed by atoms with Crippen molar-refractivity contribution in [1.29, 1.82) is 0 Å². The Hall–Kier alpha value is -2.54. The van der Waals surface area contributed by atoms with Crippen LogP contribution in [0.1, 0.15) is 41.2 Å². The van der Waals surface area contributed by atoms with E-state index in [0.29, 0.717) is 23.1 Å². The molecule has 2 aliphatic rings. The molecule has 32 heavy (non-hydrogen) atoms. The van der Waals surface area contributed by atoms with Crippen molar-refractivity contribution in [2.75, 3.05) is 18.4 Å². The summed E-state index contributed by atoms with van der Waals surface area (Å²) in [7, 11) is 0. The van der Waals surface area contributed by atoms with Crippen molar-refractivity contribution < 1.29 is 9.53 Å². The molecule has 3 heterocycles. The molecule has 1 saturated heterocycles. The molecule has 3 aromatic rings. The highest BCUT2D eigenvalue weighted by Gasteiger charge is 2.47. The van der Waals surface area contributed by atoms with Gasteiger partial charge >= 0.3 is 0 Å². The summed E-state index contributed by atoms with van der Waals surface area (Å²) in [5.41, 5.74) is 5.84. The molecule has 1 fully saturated rings. The van der Waals surface area contributed by atoms with Crippen LogP contribution in [0, 0.1) is 6.92 Å². The number of likely N-dealkylation sites (tertiary alicyclic amines) is 1. The molecule has 1 spiro atoms. The smallest absolute Gasteiger partial charge is 0.209 e. The van der Waals surface area contributed by atoms with Gasteiger partial charge in [0.25, 0.3) is 0 Å². The molecule has 0 aliphatic carbocycles. The second-order valence-corrected chi connectivity index (χ2v) is 9.33. The van der Waals surface area contributed by atoms with Crippen molar-refractivity contribution in [3.05, 3.63) is 82.0 Å². The van der Waals surface area contributed by atoms with E-state index in [0.717, 1.165) is 47.3 Å². The van der Waals surface area contributed by atoms with Gasteiger partial charge in [0.1, 0.15) is 6.10 Å². The van der Waals surface area contributed by atoms with E-state index in [4.69, 9.17) is 16.3 Å². The van der Waals surface area contributed by atoms with Crippen LogP contribution in [0.5, 0.6) is 0 Å². The molecule has 1 N–H and O–H groups in total. The molecule has 0 bridgehead atoms. The third kappa shape index (κ3) is 3.76. The standard InChI is InChI=1S/C25H24ClN3O2S/c1-16-12-17(26)6-7-21(16)28-22-13-23(32)27-14-19(22)24-18-4-2-3-5-20(18)25(31-24)8-10-29(15-30)11-9-25/h2-7,12-15,24H,8-11H2,1H3,(H2,27,28,32). The molecule has 1 atom stereocenters. The molecule has 164 valence electrons. The molecule has 5 rings (SSSR count). The number of anilines is 2. The van der Waals surface area contributed by atoms with E-state index in [1.807, 2.05) is 48.4 Å². The molecule has 5 nitrogen and oxygen atoms in total. The Morgan fingerprint density at radius 1 is 1.16 bits per heavy atom. The Morgan fingerprint density at radius 3 is 2.69 bits per heavy atom. The minimum absolute atomic E-state index is 0.259. The van der Waals surface area contributed by atoms with Crippen molar-refractivity contribution in [3.63, 3.8) is 0 Å². The number of nitrogens with zero attached hydrogens (tertiary/aromatic N) is 2. The van der Waals surface area contributed by atoms with Crippen LogP contribution in [0.4, 0.5) is 11.4 Å². The van der Waals surface area contributed by atoms with Gasteiger partial charge in [0.2, 0.25) is 6.41 Å². The molecule has 1 amide bonds. The number of piperidine rings is 1. The number of pyridine rings is 1. The van der Waals surface area contributed by atoms with Gasteiger partial charge in [-0.05, 0) is 60.7 Å². The average molecular weight is 466 g/mol.